The van der Waals surface area contributed by atoms with E-state index in [9.17, 15) is 4.79 Å². The first-order valence-corrected chi connectivity index (χ1v) is 7.69. The minimum atomic E-state index is -0.475. The number of benzene rings is 1. The maximum Gasteiger partial charge on any atom is 0.240 e. The highest BCUT2D eigenvalue weighted by Crippen LogP contribution is 2.13. The lowest BCUT2D eigenvalue weighted by Gasteiger charge is -2.24. The molecule has 0 radical (unpaired) electrons. The van der Waals surface area contributed by atoms with Gasteiger partial charge in [-0.1, -0.05) is 36.4 Å². The molecule has 2 aromatic rings. The third-order valence-electron chi connectivity index (χ3n) is 3.24. The largest absolute Gasteiger partial charge is 0.336 e. The standard InChI is InChI=1S/C16H20N2OS.ClH/c1-2-18(12-14-9-6-10-20-14)16(19)15(17)11-13-7-4-3-5-8-13;/h3-10,15H,2,11-12,17H2,1H3;1H/t15-;/m0./s1. The molecule has 1 amide bonds. The van der Waals surface area contributed by atoms with Gasteiger partial charge in [0.2, 0.25) is 5.91 Å². The summed E-state index contributed by atoms with van der Waals surface area (Å²) in [6, 6.07) is 13.5. The number of carbonyl (C=O) groups is 1. The van der Waals surface area contributed by atoms with Crippen LogP contribution in [0.2, 0.25) is 0 Å². The predicted molar refractivity (Wildman–Crippen MR) is 90.8 cm³/mol. The Bertz CT molecular complexity index is 530. The van der Waals surface area contributed by atoms with Crippen LogP contribution in [0.25, 0.3) is 0 Å². The number of halogens is 1. The normalized spacial score (nSPS) is 11.5. The Morgan fingerprint density at radius 1 is 1.24 bits per heavy atom. The molecule has 3 nitrogen and oxygen atoms in total. The summed E-state index contributed by atoms with van der Waals surface area (Å²) >= 11 is 1.67. The number of thiophene rings is 1. The second-order valence-corrected chi connectivity index (χ2v) is 5.76. The van der Waals surface area contributed by atoms with E-state index in [1.165, 1.54) is 4.88 Å². The lowest BCUT2D eigenvalue weighted by molar-refractivity contribution is -0.132. The molecule has 2 N–H and O–H groups in total. The van der Waals surface area contributed by atoms with Gasteiger partial charge >= 0.3 is 0 Å². The van der Waals surface area contributed by atoms with Gasteiger partial charge < -0.3 is 10.6 Å². The summed E-state index contributed by atoms with van der Waals surface area (Å²) in [6.45, 7) is 3.31. The second kappa shape index (κ2) is 8.82. The minimum absolute atomic E-state index is 0. The van der Waals surface area contributed by atoms with Crippen molar-refractivity contribution in [3.05, 3.63) is 58.3 Å². The zero-order valence-electron chi connectivity index (χ0n) is 12.1. The van der Waals surface area contributed by atoms with Crippen molar-refractivity contribution in [2.75, 3.05) is 6.54 Å². The molecule has 1 aromatic heterocycles. The molecule has 21 heavy (non-hydrogen) atoms. The fourth-order valence-corrected chi connectivity index (χ4v) is 2.85. The van der Waals surface area contributed by atoms with Gasteiger partial charge in [0.15, 0.2) is 0 Å². The zero-order valence-corrected chi connectivity index (χ0v) is 13.7. The summed E-state index contributed by atoms with van der Waals surface area (Å²) in [7, 11) is 0. The maximum absolute atomic E-state index is 12.4. The van der Waals surface area contributed by atoms with Gasteiger partial charge in [0.05, 0.1) is 12.6 Å². The van der Waals surface area contributed by atoms with Crippen LogP contribution in [0.3, 0.4) is 0 Å². The van der Waals surface area contributed by atoms with E-state index < -0.39 is 6.04 Å². The van der Waals surface area contributed by atoms with Crippen molar-refractivity contribution in [3.8, 4) is 0 Å². The molecule has 0 saturated heterocycles. The van der Waals surface area contributed by atoms with Crippen LogP contribution in [0.15, 0.2) is 47.8 Å². The number of amides is 1. The first-order valence-electron chi connectivity index (χ1n) is 6.81. The molecular weight excluding hydrogens is 304 g/mol. The van der Waals surface area contributed by atoms with E-state index in [0.29, 0.717) is 19.5 Å². The Morgan fingerprint density at radius 3 is 2.52 bits per heavy atom. The average Bonchev–Trinajstić information content (AvgIpc) is 2.98. The van der Waals surface area contributed by atoms with Crippen molar-refractivity contribution in [2.24, 2.45) is 5.73 Å². The van der Waals surface area contributed by atoms with E-state index in [0.717, 1.165) is 5.56 Å². The number of nitrogens with two attached hydrogens (primary N) is 1. The Balaban J connectivity index is 0.00000220. The molecule has 0 saturated carbocycles. The average molecular weight is 325 g/mol. The van der Waals surface area contributed by atoms with Gasteiger partial charge in [-0.2, -0.15) is 0 Å². The maximum atomic E-state index is 12.4. The predicted octanol–water partition coefficient (Wildman–Crippen LogP) is 3.09. The molecule has 0 aliphatic rings. The lowest BCUT2D eigenvalue weighted by atomic mass is 10.1. The molecule has 1 atom stereocenters. The van der Waals surface area contributed by atoms with Crippen LogP contribution < -0.4 is 5.73 Å². The SMILES string of the molecule is CCN(Cc1cccs1)C(=O)[C@@H](N)Cc1ccccc1.Cl. The quantitative estimate of drug-likeness (QED) is 0.887. The van der Waals surface area contributed by atoms with Crippen molar-refractivity contribution in [1.82, 2.24) is 4.90 Å². The van der Waals surface area contributed by atoms with Gasteiger partial charge in [0.25, 0.3) is 0 Å². The topological polar surface area (TPSA) is 46.3 Å². The zero-order chi connectivity index (χ0) is 14.4. The lowest BCUT2D eigenvalue weighted by Crippen LogP contribution is -2.44. The Labute approximate surface area is 136 Å². The summed E-state index contributed by atoms with van der Waals surface area (Å²) in [5.74, 6) is 0.0183. The van der Waals surface area contributed by atoms with Gasteiger partial charge in [-0.25, -0.2) is 0 Å². The van der Waals surface area contributed by atoms with E-state index in [1.54, 1.807) is 11.3 Å². The fraction of sp³-hybridized carbons (Fsp3) is 0.312. The number of rotatable bonds is 6. The van der Waals surface area contributed by atoms with Gasteiger partial charge in [-0.3, -0.25) is 4.79 Å². The minimum Gasteiger partial charge on any atom is -0.336 e. The van der Waals surface area contributed by atoms with Crippen LogP contribution in [0.4, 0.5) is 0 Å². The molecule has 2 rings (SSSR count). The molecule has 114 valence electrons. The molecule has 0 aliphatic heterocycles. The van der Waals surface area contributed by atoms with E-state index in [1.807, 2.05) is 59.7 Å². The molecule has 5 heteroatoms. The van der Waals surface area contributed by atoms with Crippen LogP contribution in [-0.4, -0.2) is 23.4 Å². The van der Waals surface area contributed by atoms with Crippen molar-refractivity contribution in [2.45, 2.75) is 25.9 Å². The van der Waals surface area contributed by atoms with Crippen molar-refractivity contribution >= 4 is 29.7 Å². The second-order valence-electron chi connectivity index (χ2n) is 4.73. The first-order chi connectivity index (χ1) is 9.70. The van der Waals surface area contributed by atoms with E-state index in [4.69, 9.17) is 5.73 Å². The molecule has 0 aliphatic carbocycles. The summed E-state index contributed by atoms with van der Waals surface area (Å²) in [5.41, 5.74) is 7.16. The Hall–Kier alpha value is -1.36. The molecule has 1 heterocycles. The Kier molecular flexibility index (Phi) is 7.43. The summed E-state index contributed by atoms with van der Waals surface area (Å²) in [5, 5.41) is 2.03. The van der Waals surface area contributed by atoms with Crippen molar-refractivity contribution in [3.63, 3.8) is 0 Å². The van der Waals surface area contributed by atoms with Crippen LogP contribution in [0.1, 0.15) is 17.4 Å². The third-order valence-corrected chi connectivity index (χ3v) is 4.10. The molecule has 1 aromatic carbocycles. The molecular formula is C16H21ClN2OS. The van der Waals surface area contributed by atoms with Crippen molar-refractivity contribution in [1.29, 1.82) is 0 Å². The van der Waals surface area contributed by atoms with Crippen LogP contribution in [0.5, 0.6) is 0 Å². The van der Waals surface area contributed by atoms with E-state index in [2.05, 4.69) is 0 Å². The first kappa shape index (κ1) is 17.7. The molecule has 0 fully saturated rings. The summed E-state index contributed by atoms with van der Waals surface area (Å²) < 4.78 is 0. The van der Waals surface area contributed by atoms with Gasteiger partial charge in [-0.15, -0.1) is 23.7 Å². The number of nitrogens with zero attached hydrogens (tertiary/aromatic N) is 1. The highest BCUT2D eigenvalue weighted by atomic mass is 35.5. The number of carbonyl (C=O) groups excluding carboxylic acids is 1. The highest BCUT2D eigenvalue weighted by molar-refractivity contribution is 7.09. The van der Waals surface area contributed by atoms with E-state index in [-0.39, 0.29) is 18.3 Å². The van der Waals surface area contributed by atoms with E-state index >= 15 is 0 Å². The molecule has 0 unspecified atom stereocenters. The summed E-state index contributed by atoms with van der Waals surface area (Å²) in [6.07, 6.45) is 0.584. The van der Waals surface area contributed by atoms with Gasteiger partial charge in [0.1, 0.15) is 0 Å². The van der Waals surface area contributed by atoms with Crippen molar-refractivity contribution < 1.29 is 4.79 Å². The third kappa shape index (κ3) is 5.16. The van der Waals surface area contributed by atoms with Gasteiger partial charge in [-0.05, 0) is 30.4 Å². The van der Waals surface area contributed by atoms with Gasteiger partial charge in [0, 0.05) is 11.4 Å². The highest BCUT2D eigenvalue weighted by Gasteiger charge is 2.20. The Morgan fingerprint density at radius 2 is 1.95 bits per heavy atom. The molecule has 0 spiro atoms. The fourth-order valence-electron chi connectivity index (χ4n) is 2.13. The smallest absolute Gasteiger partial charge is 0.240 e. The monoisotopic (exact) mass is 324 g/mol. The number of likely N-dealkylation sites (N-methyl/N-ethyl adjacent to an activating group) is 1. The number of hydrogen-bond donors (Lipinski definition) is 1. The number of hydrogen-bond acceptors (Lipinski definition) is 3. The van der Waals surface area contributed by atoms with Crippen LogP contribution >= 0.6 is 23.7 Å². The molecule has 0 bridgehead atoms. The van der Waals surface area contributed by atoms with Crippen LogP contribution in [0, 0.1) is 0 Å². The van der Waals surface area contributed by atoms with Crippen LogP contribution in [-0.2, 0) is 17.8 Å². The summed E-state index contributed by atoms with van der Waals surface area (Å²) in [4.78, 5) is 15.4.